The van der Waals surface area contributed by atoms with Crippen molar-refractivity contribution in [2.45, 2.75) is 43.0 Å². The Morgan fingerprint density at radius 1 is 1.39 bits per heavy atom. The number of esters is 1. The molecule has 0 aliphatic carbocycles. The van der Waals surface area contributed by atoms with Gasteiger partial charge < -0.3 is 47.1 Å². The standard InChI is InChI=1S/C12H24N4O7/c13-6(2-1-3-16-11(14)15)10(20)22-5-12(21)9(19)8(18)7(4-17)23-12/h6-9,17-19,21H,1-5,13H2,(H4,14,15,16)/t6-,7+,8+,9-,12-/m0/s1. The monoisotopic (exact) mass is 336 g/mol. The van der Waals surface area contributed by atoms with E-state index >= 15 is 0 Å². The van der Waals surface area contributed by atoms with Gasteiger partial charge in [-0.25, -0.2) is 0 Å². The molecule has 1 saturated heterocycles. The van der Waals surface area contributed by atoms with Crippen LogP contribution in [0.3, 0.4) is 0 Å². The summed E-state index contributed by atoms with van der Waals surface area (Å²) < 4.78 is 9.72. The smallest absolute Gasteiger partial charge is 0.323 e. The van der Waals surface area contributed by atoms with E-state index in [4.69, 9.17) is 31.8 Å². The molecule has 134 valence electrons. The van der Waals surface area contributed by atoms with Crippen molar-refractivity contribution in [3.05, 3.63) is 0 Å². The molecule has 1 rings (SSSR count). The number of ether oxygens (including phenoxy) is 2. The minimum Gasteiger partial charge on any atom is -0.459 e. The third kappa shape index (κ3) is 5.27. The van der Waals surface area contributed by atoms with Crippen LogP contribution in [0.1, 0.15) is 12.8 Å². The zero-order valence-corrected chi connectivity index (χ0v) is 12.5. The van der Waals surface area contributed by atoms with Gasteiger partial charge in [-0.2, -0.15) is 0 Å². The summed E-state index contributed by atoms with van der Waals surface area (Å²) >= 11 is 0. The summed E-state index contributed by atoms with van der Waals surface area (Å²) in [5.74, 6) is -3.19. The number of rotatable bonds is 8. The molecule has 23 heavy (non-hydrogen) atoms. The number of nitrogens with zero attached hydrogens (tertiary/aromatic N) is 1. The highest BCUT2D eigenvalue weighted by Crippen LogP contribution is 2.29. The van der Waals surface area contributed by atoms with Gasteiger partial charge in [0.1, 0.15) is 31.0 Å². The van der Waals surface area contributed by atoms with Crippen LogP contribution in [-0.4, -0.2) is 82.3 Å². The van der Waals surface area contributed by atoms with E-state index in [1.807, 2.05) is 0 Å². The van der Waals surface area contributed by atoms with Crippen molar-refractivity contribution in [3.63, 3.8) is 0 Å². The number of carbonyl (C=O) groups is 1. The van der Waals surface area contributed by atoms with Crippen molar-refractivity contribution in [2.75, 3.05) is 19.8 Å². The summed E-state index contributed by atoms with van der Waals surface area (Å²) in [7, 11) is 0. The highest BCUT2D eigenvalue weighted by atomic mass is 16.7. The van der Waals surface area contributed by atoms with Crippen molar-refractivity contribution in [1.29, 1.82) is 0 Å². The molecular formula is C12H24N4O7. The zero-order valence-electron chi connectivity index (χ0n) is 12.5. The Morgan fingerprint density at radius 2 is 2.04 bits per heavy atom. The highest BCUT2D eigenvalue weighted by molar-refractivity contribution is 5.76. The maximum absolute atomic E-state index is 11.7. The minimum atomic E-state index is -2.31. The van der Waals surface area contributed by atoms with Crippen molar-refractivity contribution in [2.24, 2.45) is 22.2 Å². The molecule has 0 aromatic rings. The lowest BCUT2D eigenvalue weighted by Crippen LogP contribution is -2.48. The second-order valence-electron chi connectivity index (χ2n) is 5.28. The van der Waals surface area contributed by atoms with E-state index in [0.29, 0.717) is 13.0 Å². The van der Waals surface area contributed by atoms with Gasteiger partial charge in [-0.05, 0) is 12.8 Å². The van der Waals surface area contributed by atoms with Crippen LogP contribution < -0.4 is 17.2 Å². The fraction of sp³-hybridized carbons (Fsp3) is 0.833. The highest BCUT2D eigenvalue weighted by Gasteiger charge is 2.54. The van der Waals surface area contributed by atoms with E-state index in [9.17, 15) is 20.1 Å². The third-order valence-electron chi connectivity index (χ3n) is 3.39. The van der Waals surface area contributed by atoms with Crippen LogP contribution >= 0.6 is 0 Å². The van der Waals surface area contributed by atoms with E-state index in [1.165, 1.54) is 0 Å². The van der Waals surface area contributed by atoms with E-state index in [2.05, 4.69) is 4.99 Å². The molecule has 10 N–H and O–H groups in total. The Bertz CT molecular complexity index is 432. The molecule has 5 atom stereocenters. The largest absolute Gasteiger partial charge is 0.459 e. The molecule has 1 heterocycles. The van der Waals surface area contributed by atoms with Crippen molar-refractivity contribution >= 4 is 11.9 Å². The molecule has 0 bridgehead atoms. The number of aliphatic hydroxyl groups excluding tert-OH is 3. The first-order valence-corrected chi connectivity index (χ1v) is 7.06. The number of carbonyl (C=O) groups excluding carboxylic acids is 1. The number of hydrogen-bond donors (Lipinski definition) is 7. The normalized spacial score (nSPS) is 31.6. The molecule has 0 unspecified atom stereocenters. The molecule has 1 aliphatic heterocycles. The van der Waals surface area contributed by atoms with E-state index in [1.54, 1.807) is 0 Å². The van der Waals surface area contributed by atoms with Crippen molar-refractivity contribution < 1.29 is 34.7 Å². The quantitative estimate of drug-likeness (QED) is 0.0981. The summed E-state index contributed by atoms with van der Waals surface area (Å²) in [6.07, 6.45) is -3.72. The Hall–Kier alpha value is -1.50. The van der Waals surface area contributed by atoms with Gasteiger partial charge in [-0.15, -0.1) is 0 Å². The summed E-state index contributed by atoms with van der Waals surface area (Å²) in [5, 5.41) is 38.2. The molecule has 1 fully saturated rings. The lowest BCUT2D eigenvalue weighted by molar-refractivity contribution is -0.253. The summed E-state index contributed by atoms with van der Waals surface area (Å²) in [6, 6.07) is -0.968. The molecule has 1 aliphatic rings. The molecule has 0 radical (unpaired) electrons. The van der Waals surface area contributed by atoms with Gasteiger partial charge in [0, 0.05) is 6.54 Å². The molecule has 11 nitrogen and oxygen atoms in total. The molecule has 0 aromatic carbocycles. The number of nitrogens with two attached hydrogens (primary N) is 3. The number of aliphatic imine (C=N–C) groups is 1. The SMILES string of the molecule is NC(N)=NCCC[C@H](N)C(=O)OC[C@]1(O)O[C@H](CO)[C@@H](O)[C@@H]1O. The molecule has 0 amide bonds. The second-order valence-corrected chi connectivity index (χ2v) is 5.28. The number of guanidine groups is 1. The fourth-order valence-corrected chi connectivity index (χ4v) is 2.06. The van der Waals surface area contributed by atoms with E-state index < -0.39 is 49.3 Å². The second kappa shape index (κ2) is 8.38. The van der Waals surface area contributed by atoms with Gasteiger partial charge in [-0.1, -0.05) is 0 Å². The summed E-state index contributed by atoms with van der Waals surface area (Å²) in [4.78, 5) is 15.4. The van der Waals surface area contributed by atoms with Crippen LogP contribution in [0.5, 0.6) is 0 Å². The Morgan fingerprint density at radius 3 is 2.57 bits per heavy atom. The van der Waals surface area contributed by atoms with E-state index in [-0.39, 0.29) is 12.4 Å². The average Bonchev–Trinajstić information content (AvgIpc) is 2.73. The van der Waals surface area contributed by atoms with E-state index in [0.717, 1.165) is 0 Å². The summed E-state index contributed by atoms with van der Waals surface area (Å²) in [5.41, 5.74) is 15.9. The molecule has 0 aromatic heterocycles. The Balaban J connectivity index is 2.41. The first kappa shape index (κ1) is 19.5. The minimum absolute atomic E-state index is 0.0623. The van der Waals surface area contributed by atoms with Gasteiger partial charge in [0.25, 0.3) is 0 Å². The lowest BCUT2D eigenvalue weighted by Gasteiger charge is -2.25. The Kier molecular flexibility index (Phi) is 7.12. The first-order chi connectivity index (χ1) is 10.7. The van der Waals surface area contributed by atoms with Crippen molar-refractivity contribution in [1.82, 2.24) is 0 Å². The fourth-order valence-electron chi connectivity index (χ4n) is 2.06. The molecular weight excluding hydrogens is 312 g/mol. The predicted molar refractivity (Wildman–Crippen MR) is 77.8 cm³/mol. The maximum atomic E-state index is 11.7. The Labute approximate surface area is 132 Å². The molecule has 11 heteroatoms. The number of aliphatic hydroxyl groups is 4. The number of hydrogen-bond acceptors (Lipinski definition) is 9. The van der Waals surface area contributed by atoms with Crippen LogP contribution in [0, 0.1) is 0 Å². The average molecular weight is 336 g/mol. The van der Waals surface area contributed by atoms with Gasteiger partial charge >= 0.3 is 5.97 Å². The predicted octanol–water partition coefficient (Wildman–Crippen LogP) is -4.29. The lowest BCUT2D eigenvalue weighted by atomic mass is 10.1. The maximum Gasteiger partial charge on any atom is 0.323 e. The van der Waals surface area contributed by atoms with Crippen LogP contribution in [0.2, 0.25) is 0 Å². The molecule has 0 spiro atoms. The molecule has 0 saturated carbocycles. The van der Waals surface area contributed by atoms with Crippen molar-refractivity contribution in [3.8, 4) is 0 Å². The van der Waals surface area contributed by atoms with Crippen LogP contribution in [0.25, 0.3) is 0 Å². The zero-order chi connectivity index (χ0) is 17.6. The van der Waals surface area contributed by atoms with Crippen LogP contribution in [-0.2, 0) is 14.3 Å². The first-order valence-electron chi connectivity index (χ1n) is 7.06. The van der Waals surface area contributed by atoms with Gasteiger partial charge in [0.2, 0.25) is 5.79 Å². The van der Waals surface area contributed by atoms with Gasteiger partial charge in [0.15, 0.2) is 5.96 Å². The van der Waals surface area contributed by atoms with Crippen LogP contribution in [0.4, 0.5) is 0 Å². The van der Waals surface area contributed by atoms with Gasteiger partial charge in [0.05, 0.1) is 6.61 Å². The van der Waals surface area contributed by atoms with Crippen LogP contribution in [0.15, 0.2) is 4.99 Å². The third-order valence-corrected chi connectivity index (χ3v) is 3.39. The summed E-state index contributed by atoms with van der Waals surface area (Å²) in [6.45, 7) is -1.04. The van der Waals surface area contributed by atoms with Gasteiger partial charge in [-0.3, -0.25) is 9.79 Å². The topological polar surface area (TPSA) is 207 Å².